The number of allylic oxidation sites excluding steroid dienone is 5. The smallest absolute Gasteiger partial charge is 0.235 e. The number of carbonyl (C=O) groups is 1. The summed E-state index contributed by atoms with van der Waals surface area (Å²) >= 11 is 5.23. The second-order valence-corrected chi connectivity index (χ2v) is 7.61. The van der Waals surface area contributed by atoms with E-state index < -0.39 is 5.41 Å². The molecule has 0 saturated carbocycles. The molecule has 0 spiro atoms. The predicted octanol–water partition coefficient (Wildman–Crippen LogP) is 7.32. The van der Waals surface area contributed by atoms with E-state index in [4.69, 9.17) is 17.5 Å². The summed E-state index contributed by atoms with van der Waals surface area (Å²) in [6, 6.07) is 8.15. The van der Waals surface area contributed by atoms with E-state index in [2.05, 4.69) is 16.7 Å². The SMILES string of the molecule is CC.CC.C\C=C(/C=C\C=C(/C)C(C)(C)C(=O)NC(=S)N[C@@H](C)c1ccccc1F)CC#N. The quantitative estimate of drug-likeness (QED) is 0.322. The highest BCUT2D eigenvalue weighted by Gasteiger charge is 2.30. The molecule has 2 N–H and O–H groups in total. The summed E-state index contributed by atoms with van der Waals surface area (Å²) in [5.41, 5.74) is 1.42. The maximum Gasteiger partial charge on any atom is 0.235 e. The van der Waals surface area contributed by atoms with Gasteiger partial charge >= 0.3 is 0 Å². The molecule has 0 saturated heterocycles. The van der Waals surface area contributed by atoms with Gasteiger partial charge in [0, 0.05) is 5.56 Å². The van der Waals surface area contributed by atoms with Crippen LogP contribution in [0, 0.1) is 22.6 Å². The van der Waals surface area contributed by atoms with Crippen molar-refractivity contribution in [3.63, 3.8) is 0 Å². The van der Waals surface area contributed by atoms with Crippen molar-refractivity contribution in [1.82, 2.24) is 10.6 Å². The van der Waals surface area contributed by atoms with Crippen LogP contribution in [0.5, 0.6) is 0 Å². The van der Waals surface area contributed by atoms with Crippen LogP contribution in [-0.2, 0) is 4.79 Å². The van der Waals surface area contributed by atoms with Crippen LogP contribution in [0.3, 0.4) is 0 Å². The average Bonchev–Trinajstić information content (AvgIpc) is 2.80. The van der Waals surface area contributed by atoms with Crippen molar-refractivity contribution in [2.24, 2.45) is 5.41 Å². The third kappa shape index (κ3) is 11.6. The molecule has 1 amide bonds. The maximum atomic E-state index is 13.9. The lowest BCUT2D eigenvalue weighted by Crippen LogP contribution is -2.46. The minimum atomic E-state index is -0.803. The topological polar surface area (TPSA) is 64.9 Å². The van der Waals surface area contributed by atoms with Crippen LogP contribution in [0.2, 0.25) is 0 Å². The fraction of sp³-hybridized carbons (Fsp3) is 0.444. The molecule has 0 fully saturated rings. The number of amides is 1. The zero-order valence-corrected chi connectivity index (χ0v) is 22.4. The van der Waals surface area contributed by atoms with Crippen molar-refractivity contribution in [2.75, 3.05) is 0 Å². The molecular formula is C27H40FN3OS. The molecule has 1 rings (SSSR count). The first-order valence-electron chi connectivity index (χ1n) is 11.4. The van der Waals surface area contributed by atoms with Crippen LogP contribution >= 0.6 is 12.2 Å². The molecule has 0 unspecified atom stereocenters. The van der Waals surface area contributed by atoms with E-state index in [1.807, 2.05) is 65.8 Å². The van der Waals surface area contributed by atoms with Gasteiger partial charge in [-0.3, -0.25) is 4.79 Å². The summed E-state index contributed by atoms with van der Waals surface area (Å²) in [7, 11) is 0. The molecule has 1 aromatic carbocycles. The number of hydrogen-bond donors (Lipinski definition) is 2. The first-order chi connectivity index (χ1) is 15.6. The molecule has 33 heavy (non-hydrogen) atoms. The second kappa shape index (κ2) is 17.7. The number of rotatable bonds is 7. The summed E-state index contributed by atoms with van der Waals surface area (Å²) in [6.07, 6.45) is 7.74. The zero-order chi connectivity index (χ0) is 26.0. The lowest BCUT2D eigenvalue weighted by molar-refractivity contribution is -0.126. The van der Waals surface area contributed by atoms with E-state index in [9.17, 15) is 9.18 Å². The Morgan fingerprint density at radius 3 is 2.33 bits per heavy atom. The number of nitrogens with one attached hydrogen (secondary N) is 2. The Hall–Kier alpha value is -2.78. The molecule has 0 aromatic heterocycles. The standard InChI is InChI=1S/C23H28FN3OS.2C2H6/c1-6-18(14-15-25)11-9-10-16(2)23(4,5)21(28)27-22(29)26-17(3)19-12-7-8-13-20(19)24;2*1-2/h6-13,17H,14H2,1-5H3,(H2,26,27,28,29);2*1-2H3/b11-9-,16-10+,18-6+;;/t17-;;/m0../s1. The maximum absolute atomic E-state index is 13.9. The molecule has 0 aliphatic carbocycles. The molecule has 1 aromatic rings. The molecule has 0 heterocycles. The average molecular weight is 474 g/mol. The fourth-order valence-corrected chi connectivity index (χ4v) is 2.72. The lowest BCUT2D eigenvalue weighted by Gasteiger charge is -2.26. The van der Waals surface area contributed by atoms with Gasteiger partial charge in [0.25, 0.3) is 0 Å². The minimum Gasteiger partial charge on any atom is -0.356 e. The van der Waals surface area contributed by atoms with Gasteiger partial charge in [-0.05, 0) is 58.5 Å². The van der Waals surface area contributed by atoms with E-state index in [1.165, 1.54) is 6.07 Å². The highest BCUT2D eigenvalue weighted by Crippen LogP contribution is 2.26. The van der Waals surface area contributed by atoms with E-state index in [0.717, 1.165) is 11.1 Å². The molecule has 0 aliphatic heterocycles. The molecule has 182 valence electrons. The molecular weight excluding hydrogens is 433 g/mol. The summed E-state index contributed by atoms with van der Waals surface area (Å²) in [5, 5.41) is 14.6. The van der Waals surface area contributed by atoms with Crippen molar-refractivity contribution in [3.05, 3.63) is 71.1 Å². The van der Waals surface area contributed by atoms with Gasteiger partial charge in [-0.1, -0.05) is 75.8 Å². The highest BCUT2D eigenvalue weighted by molar-refractivity contribution is 7.80. The molecule has 1 atom stereocenters. The summed E-state index contributed by atoms with van der Waals surface area (Å²) in [4.78, 5) is 12.7. The van der Waals surface area contributed by atoms with Gasteiger partial charge in [0.1, 0.15) is 5.82 Å². The van der Waals surface area contributed by atoms with Crippen molar-refractivity contribution in [3.8, 4) is 6.07 Å². The van der Waals surface area contributed by atoms with E-state index >= 15 is 0 Å². The van der Waals surface area contributed by atoms with Crippen LogP contribution in [-0.4, -0.2) is 11.0 Å². The Bertz CT molecular complexity index is 880. The van der Waals surface area contributed by atoms with Crippen molar-refractivity contribution < 1.29 is 9.18 Å². The number of hydrogen-bond acceptors (Lipinski definition) is 3. The number of carbonyl (C=O) groups excluding carboxylic acids is 1. The van der Waals surface area contributed by atoms with Crippen molar-refractivity contribution in [1.29, 1.82) is 5.26 Å². The first kappa shape index (κ1) is 32.4. The number of halogens is 1. The number of thiocarbonyl (C=S) groups is 1. The van der Waals surface area contributed by atoms with E-state index in [1.54, 1.807) is 39.0 Å². The Morgan fingerprint density at radius 2 is 1.82 bits per heavy atom. The predicted molar refractivity (Wildman–Crippen MR) is 142 cm³/mol. The van der Waals surface area contributed by atoms with Crippen LogP contribution in [0.1, 0.15) is 80.3 Å². The third-order valence-electron chi connectivity index (χ3n) is 4.81. The molecule has 0 bridgehead atoms. The third-order valence-corrected chi connectivity index (χ3v) is 5.03. The molecule has 0 aliphatic rings. The number of nitriles is 1. The van der Waals surface area contributed by atoms with Crippen molar-refractivity contribution in [2.45, 2.75) is 74.8 Å². The highest BCUT2D eigenvalue weighted by atomic mass is 32.1. The Balaban J connectivity index is 0. The van der Waals surface area contributed by atoms with Gasteiger partial charge in [0.2, 0.25) is 5.91 Å². The molecule has 0 radical (unpaired) electrons. The number of nitrogens with zero attached hydrogens (tertiary/aromatic N) is 1. The molecule has 4 nitrogen and oxygen atoms in total. The number of benzene rings is 1. The Morgan fingerprint density at radius 1 is 1.24 bits per heavy atom. The van der Waals surface area contributed by atoms with Crippen LogP contribution in [0.4, 0.5) is 4.39 Å². The summed E-state index contributed by atoms with van der Waals surface area (Å²) < 4.78 is 13.9. The van der Waals surface area contributed by atoms with Gasteiger partial charge in [0.15, 0.2) is 5.11 Å². The monoisotopic (exact) mass is 473 g/mol. The van der Waals surface area contributed by atoms with Crippen LogP contribution in [0.15, 0.2) is 59.7 Å². The van der Waals surface area contributed by atoms with Crippen molar-refractivity contribution >= 4 is 23.2 Å². The lowest BCUT2D eigenvalue weighted by atomic mass is 9.84. The second-order valence-electron chi connectivity index (χ2n) is 7.20. The normalized spacial score (nSPS) is 12.4. The first-order valence-corrected chi connectivity index (χ1v) is 11.8. The summed E-state index contributed by atoms with van der Waals surface area (Å²) in [6.45, 7) is 17.1. The van der Waals surface area contributed by atoms with Gasteiger partial charge in [-0.25, -0.2) is 4.39 Å². The van der Waals surface area contributed by atoms with Gasteiger partial charge in [-0.15, -0.1) is 0 Å². The molecule has 6 heteroatoms. The Kier molecular flexibility index (Phi) is 17.4. The van der Waals surface area contributed by atoms with Crippen LogP contribution < -0.4 is 10.6 Å². The summed E-state index contributed by atoms with van der Waals surface area (Å²) in [5.74, 6) is -0.592. The van der Waals surface area contributed by atoms with E-state index in [0.29, 0.717) is 12.0 Å². The largest absolute Gasteiger partial charge is 0.356 e. The Labute approximate surface area is 205 Å². The van der Waals surface area contributed by atoms with Gasteiger partial charge < -0.3 is 10.6 Å². The van der Waals surface area contributed by atoms with E-state index in [-0.39, 0.29) is 22.9 Å². The fourth-order valence-electron chi connectivity index (χ4n) is 2.45. The van der Waals surface area contributed by atoms with Gasteiger partial charge in [-0.2, -0.15) is 5.26 Å². The zero-order valence-electron chi connectivity index (χ0n) is 21.5. The van der Waals surface area contributed by atoms with Gasteiger partial charge in [0.05, 0.1) is 23.9 Å². The van der Waals surface area contributed by atoms with Crippen LogP contribution in [0.25, 0.3) is 0 Å². The minimum absolute atomic E-state index is 0.146.